The molecule has 3 aromatic heterocycles. The number of nitrogens with one attached hydrogen (secondary N) is 1. The summed E-state index contributed by atoms with van der Waals surface area (Å²) in [6.07, 6.45) is 5.48. The van der Waals surface area contributed by atoms with Crippen molar-refractivity contribution < 1.29 is 0 Å². The summed E-state index contributed by atoms with van der Waals surface area (Å²) in [7, 11) is 0. The molecule has 4 rings (SSSR count). The number of rotatable bonds is 4. The lowest BCUT2D eigenvalue weighted by atomic mass is 10.0. The first-order chi connectivity index (χ1) is 12.2. The van der Waals surface area contributed by atoms with Crippen LogP contribution in [-0.4, -0.2) is 20.0 Å². The fourth-order valence-electron chi connectivity index (χ4n) is 3.23. The molecule has 4 nitrogen and oxygen atoms in total. The molecule has 0 spiro atoms. The highest BCUT2D eigenvalue weighted by molar-refractivity contribution is 7.80. The zero-order chi connectivity index (χ0) is 17.2. The van der Waals surface area contributed by atoms with E-state index >= 15 is 0 Å². The second-order valence-corrected chi connectivity index (χ2v) is 7.41. The smallest absolute Gasteiger partial charge is 0.170 e. The number of nitrogens with zero attached hydrogens (tertiary/aromatic N) is 3. The predicted octanol–water partition coefficient (Wildman–Crippen LogP) is 4.02. The van der Waals surface area contributed by atoms with Gasteiger partial charge in [0.1, 0.15) is 0 Å². The fourth-order valence-corrected chi connectivity index (χ4v) is 4.61. The number of hydrogen-bond acceptors (Lipinski definition) is 4. The zero-order valence-electron chi connectivity index (χ0n) is 13.8. The van der Waals surface area contributed by atoms with Crippen molar-refractivity contribution in [3.63, 3.8) is 0 Å². The van der Waals surface area contributed by atoms with Crippen LogP contribution in [0.15, 0.2) is 60.4 Å². The third-order valence-electron chi connectivity index (χ3n) is 4.47. The molecule has 0 radical (unpaired) electrons. The van der Waals surface area contributed by atoms with Gasteiger partial charge in [-0.2, -0.15) is 0 Å². The van der Waals surface area contributed by atoms with E-state index in [1.54, 1.807) is 11.3 Å². The molecule has 4 heterocycles. The van der Waals surface area contributed by atoms with Crippen molar-refractivity contribution in [3.8, 4) is 0 Å². The van der Waals surface area contributed by atoms with Crippen molar-refractivity contribution in [1.82, 2.24) is 20.2 Å². The second kappa shape index (κ2) is 6.90. The molecule has 3 aromatic rings. The van der Waals surface area contributed by atoms with Crippen LogP contribution in [0.3, 0.4) is 0 Å². The van der Waals surface area contributed by atoms with E-state index in [0.29, 0.717) is 0 Å². The minimum absolute atomic E-state index is 0.0490. The van der Waals surface area contributed by atoms with Gasteiger partial charge in [0.15, 0.2) is 5.11 Å². The van der Waals surface area contributed by atoms with Gasteiger partial charge in [-0.1, -0.05) is 6.07 Å². The Hall–Kier alpha value is -2.31. The standard InChI is InChI=1S/C19H18N4S2/c1-13-7-11-25-18(13)17-16(15-4-2-3-8-21-15)22-19(24)23(17)12-14-5-9-20-10-6-14/h2-11,16-17H,12H2,1H3,(H,22,24). The molecule has 0 bridgehead atoms. The van der Waals surface area contributed by atoms with E-state index in [9.17, 15) is 0 Å². The van der Waals surface area contributed by atoms with Crippen LogP contribution in [0.5, 0.6) is 0 Å². The fraction of sp³-hybridized carbons (Fsp3) is 0.211. The predicted molar refractivity (Wildman–Crippen MR) is 104 cm³/mol. The van der Waals surface area contributed by atoms with Crippen LogP contribution in [0, 0.1) is 6.92 Å². The molecule has 0 aromatic carbocycles. The Balaban J connectivity index is 1.74. The number of thiophene rings is 1. The Kier molecular flexibility index (Phi) is 4.46. The number of pyridine rings is 2. The zero-order valence-corrected chi connectivity index (χ0v) is 15.4. The third-order valence-corrected chi connectivity index (χ3v) is 5.91. The van der Waals surface area contributed by atoms with E-state index in [4.69, 9.17) is 12.2 Å². The van der Waals surface area contributed by atoms with Gasteiger partial charge < -0.3 is 10.2 Å². The number of aromatic nitrogens is 2. The SMILES string of the molecule is Cc1ccsc1C1C(c2ccccn2)NC(=S)N1Cc1ccncc1. The van der Waals surface area contributed by atoms with Crippen LogP contribution >= 0.6 is 23.6 Å². The number of hydrogen-bond donors (Lipinski definition) is 1. The minimum Gasteiger partial charge on any atom is -0.352 e. The van der Waals surface area contributed by atoms with E-state index in [-0.39, 0.29) is 12.1 Å². The first-order valence-corrected chi connectivity index (χ1v) is 9.44. The quantitative estimate of drug-likeness (QED) is 0.706. The lowest BCUT2D eigenvalue weighted by Gasteiger charge is -2.27. The van der Waals surface area contributed by atoms with E-state index in [2.05, 4.69) is 44.6 Å². The van der Waals surface area contributed by atoms with Crippen molar-refractivity contribution in [2.24, 2.45) is 0 Å². The van der Waals surface area contributed by atoms with Gasteiger partial charge in [0.2, 0.25) is 0 Å². The van der Waals surface area contributed by atoms with Gasteiger partial charge >= 0.3 is 0 Å². The lowest BCUT2D eigenvalue weighted by molar-refractivity contribution is 0.314. The molecule has 2 unspecified atom stereocenters. The second-order valence-electron chi connectivity index (χ2n) is 6.08. The van der Waals surface area contributed by atoms with Crippen LogP contribution in [0.1, 0.15) is 33.8 Å². The van der Waals surface area contributed by atoms with Crippen molar-refractivity contribution in [1.29, 1.82) is 0 Å². The van der Waals surface area contributed by atoms with Crippen molar-refractivity contribution in [2.75, 3.05) is 0 Å². The maximum absolute atomic E-state index is 5.69. The molecule has 1 N–H and O–H groups in total. The first kappa shape index (κ1) is 16.2. The normalized spacial score (nSPS) is 19.9. The highest BCUT2D eigenvalue weighted by Crippen LogP contribution is 2.42. The summed E-state index contributed by atoms with van der Waals surface area (Å²) in [5.74, 6) is 0. The number of thiocarbonyl (C=S) groups is 1. The molecule has 6 heteroatoms. The Morgan fingerprint density at radius 1 is 1.16 bits per heavy atom. The summed E-state index contributed by atoms with van der Waals surface area (Å²) in [4.78, 5) is 12.3. The van der Waals surface area contributed by atoms with Gasteiger partial charge in [0.25, 0.3) is 0 Å². The number of aryl methyl sites for hydroxylation is 1. The van der Waals surface area contributed by atoms with Crippen LogP contribution < -0.4 is 5.32 Å². The van der Waals surface area contributed by atoms with Crippen LogP contribution in [0.2, 0.25) is 0 Å². The molecule has 0 saturated carbocycles. The van der Waals surface area contributed by atoms with Crippen LogP contribution in [-0.2, 0) is 6.54 Å². The molecule has 2 atom stereocenters. The molecule has 0 amide bonds. The highest BCUT2D eigenvalue weighted by atomic mass is 32.1. The summed E-state index contributed by atoms with van der Waals surface area (Å²) in [5, 5.41) is 6.41. The maximum atomic E-state index is 5.69. The molecule has 1 saturated heterocycles. The summed E-state index contributed by atoms with van der Waals surface area (Å²) in [6, 6.07) is 12.5. The topological polar surface area (TPSA) is 41.1 Å². The van der Waals surface area contributed by atoms with E-state index in [1.165, 1.54) is 16.0 Å². The summed E-state index contributed by atoms with van der Waals surface area (Å²) < 4.78 is 0. The molecule has 25 heavy (non-hydrogen) atoms. The van der Waals surface area contributed by atoms with Gasteiger partial charge in [-0.3, -0.25) is 9.97 Å². The molecule has 1 aliphatic heterocycles. The molecule has 1 aliphatic rings. The monoisotopic (exact) mass is 366 g/mol. The van der Waals surface area contributed by atoms with Gasteiger partial charge in [0, 0.05) is 30.0 Å². The Morgan fingerprint density at radius 3 is 2.68 bits per heavy atom. The average molecular weight is 367 g/mol. The van der Waals surface area contributed by atoms with E-state index in [1.807, 2.05) is 42.9 Å². The highest BCUT2D eigenvalue weighted by Gasteiger charge is 2.40. The lowest BCUT2D eigenvalue weighted by Crippen LogP contribution is -2.29. The van der Waals surface area contributed by atoms with Crippen molar-refractivity contribution >= 4 is 28.7 Å². The van der Waals surface area contributed by atoms with E-state index in [0.717, 1.165) is 17.4 Å². The molecule has 0 aliphatic carbocycles. The first-order valence-electron chi connectivity index (χ1n) is 8.15. The van der Waals surface area contributed by atoms with Gasteiger partial charge in [-0.25, -0.2) is 0 Å². The van der Waals surface area contributed by atoms with Crippen LogP contribution in [0.4, 0.5) is 0 Å². The summed E-state index contributed by atoms with van der Waals surface area (Å²) in [6.45, 7) is 2.91. The summed E-state index contributed by atoms with van der Waals surface area (Å²) >= 11 is 7.47. The Labute approximate surface area is 156 Å². The molecule has 1 fully saturated rings. The van der Waals surface area contributed by atoms with Crippen LogP contribution in [0.25, 0.3) is 0 Å². The van der Waals surface area contributed by atoms with Crippen molar-refractivity contribution in [2.45, 2.75) is 25.6 Å². The largest absolute Gasteiger partial charge is 0.352 e. The van der Waals surface area contributed by atoms with Gasteiger partial charge in [-0.15, -0.1) is 11.3 Å². The minimum atomic E-state index is 0.0490. The third kappa shape index (κ3) is 3.15. The Morgan fingerprint density at radius 2 is 2.00 bits per heavy atom. The van der Waals surface area contributed by atoms with Gasteiger partial charge in [-0.05, 0) is 66.0 Å². The molecular weight excluding hydrogens is 348 g/mol. The molecule has 126 valence electrons. The van der Waals surface area contributed by atoms with Gasteiger partial charge in [0.05, 0.1) is 17.8 Å². The maximum Gasteiger partial charge on any atom is 0.170 e. The molecular formula is C19H18N4S2. The summed E-state index contributed by atoms with van der Waals surface area (Å²) in [5.41, 5.74) is 3.50. The Bertz CT molecular complexity index is 863. The van der Waals surface area contributed by atoms with E-state index < -0.39 is 0 Å². The van der Waals surface area contributed by atoms with Crippen molar-refractivity contribution in [3.05, 3.63) is 82.1 Å². The average Bonchev–Trinajstić information content (AvgIpc) is 3.20.